The summed E-state index contributed by atoms with van der Waals surface area (Å²) in [6.45, 7) is 4.05. The second-order valence-corrected chi connectivity index (χ2v) is 7.93. The monoisotopic (exact) mass is 333 g/mol. The van der Waals surface area contributed by atoms with Crippen molar-refractivity contribution in [2.45, 2.75) is 35.2 Å². The van der Waals surface area contributed by atoms with Crippen molar-refractivity contribution in [1.82, 2.24) is 4.90 Å². The van der Waals surface area contributed by atoms with Crippen molar-refractivity contribution in [2.24, 2.45) is 0 Å². The lowest BCUT2D eigenvalue weighted by molar-refractivity contribution is 0.00992. The molecule has 2 heterocycles. The van der Waals surface area contributed by atoms with Gasteiger partial charge < -0.3 is 4.74 Å². The number of ether oxygens (including phenoxy) is 1. The van der Waals surface area contributed by atoms with Crippen molar-refractivity contribution in [3.05, 3.63) is 35.4 Å². The average Bonchev–Trinajstić information content (AvgIpc) is 2.56. The fourth-order valence-electron chi connectivity index (χ4n) is 3.51. The van der Waals surface area contributed by atoms with E-state index >= 15 is 0 Å². The predicted octanol–water partition coefficient (Wildman–Crippen LogP) is 4.04. The molecule has 1 saturated heterocycles. The van der Waals surface area contributed by atoms with Crippen LogP contribution >= 0.6 is 34.8 Å². The molecule has 0 bridgehead atoms. The largest absolute Gasteiger partial charge is 0.440 e. The van der Waals surface area contributed by atoms with Crippen molar-refractivity contribution >= 4 is 40.9 Å². The molecule has 2 aliphatic rings. The Labute approximate surface area is 132 Å². The Kier molecular flexibility index (Phi) is 2.99. The molecule has 0 aromatic heterocycles. The van der Waals surface area contributed by atoms with E-state index in [4.69, 9.17) is 39.5 Å². The van der Waals surface area contributed by atoms with Crippen LogP contribution in [-0.4, -0.2) is 26.9 Å². The Morgan fingerprint density at radius 1 is 1.25 bits per heavy atom. The fraction of sp³-hybridized carbons (Fsp3) is 0.500. The maximum atomic E-state index is 12.2. The number of nitrogens with zero attached hydrogens (tertiary/aromatic N) is 1. The highest BCUT2D eigenvalue weighted by Gasteiger charge is 2.71. The number of hydrogen-bond acceptors (Lipinski definition) is 2. The topological polar surface area (TPSA) is 29.5 Å². The minimum absolute atomic E-state index is 0.434. The quantitative estimate of drug-likeness (QED) is 0.670. The lowest BCUT2D eigenvalue weighted by Crippen LogP contribution is -2.63. The standard InChI is InChI=1S/C14H14Cl3NO2/c1-12(2)13(14(15,16)17)10-6-4-3-5-9(10)7-8-18(13)11(19)20-12/h3-6H,7-8H2,1-2H3. The molecule has 6 heteroatoms. The molecule has 3 nitrogen and oxygen atoms in total. The highest BCUT2D eigenvalue weighted by atomic mass is 35.6. The number of hydrogen-bond donors (Lipinski definition) is 0. The van der Waals surface area contributed by atoms with Gasteiger partial charge in [-0.3, -0.25) is 4.90 Å². The summed E-state index contributed by atoms with van der Waals surface area (Å²) >= 11 is 19.0. The molecular weight excluding hydrogens is 321 g/mol. The van der Waals surface area contributed by atoms with Gasteiger partial charge in [-0.15, -0.1) is 0 Å². The minimum atomic E-state index is -1.70. The van der Waals surface area contributed by atoms with Crippen LogP contribution < -0.4 is 0 Å². The normalized spacial score (nSPS) is 27.9. The smallest absolute Gasteiger partial charge is 0.411 e. The summed E-state index contributed by atoms with van der Waals surface area (Å²) < 4.78 is 3.82. The average molecular weight is 335 g/mol. The zero-order valence-corrected chi connectivity index (χ0v) is 13.4. The molecule has 0 aliphatic carbocycles. The van der Waals surface area contributed by atoms with Crippen LogP contribution in [-0.2, 0) is 16.7 Å². The number of benzene rings is 1. The summed E-state index contributed by atoms with van der Waals surface area (Å²) in [5.74, 6) is 0. The van der Waals surface area contributed by atoms with Crippen molar-refractivity contribution in [1.29, 1.82) is 0 Å². The Morgan fingerprint density at radius 2 is 1.90 bits per heavy atom. The van der Waals surface area contributed by atoms with E-state index < -0.39 is 21.0 Å². The van der Waals surface area contributed by atoms with E-state index in [1.807, 2.05) is 24.3 Å². The van der Waals surface area contributed by atoms with E-state index in [1.54, 1.807) is 18.7 Å². The second-order valence-electron chi connectivity index (χ2n) is 5.65. The summed E-state index contributed by atoms with van der Waals surface area (Å²) in [5.41, 5.74) is -0.119. The molecule has 20 heavy (non-hydrogen) atoms. The molecule has 0 N–H and O–H groups in total. The summed E-state index contributed by atoms with van der Waals surface area (Å²) in [6.07, 6.45) is 0.292. The van der Waals surface area contributed by atoms with Gasteiger partial charge in [-0.05, 0) is 31.4 Å². The molecule has 1 atom stereocenters. The van der Waals surface area contributed by atoms with Gasteiger partial charge in [0.1, 0.15) is 5.60 Å². The molecule has 1 amide bonds. The third-order valence-corrected chi connectivity index (χ3v) is 5.08. The number of rotatable bonds is 0. The first-order valence-electron chi connectivity index (χ1n) is 6.37. The van der Waals surface area contributed by atoms with Crippen LogP contribution in [0.2, 0.25) is 0 Å². The molecule has 1 aromatic carbocycles. The summed E-state index contributed by atoms with van der Waals surface area (Å²) in [6, 6.07) is 7.75. The molecule has 2 aliphatic heterocycles. The van der Waals surface area contributed by atoms with Gasteiger partial charge in [0.25, 0.3) is 0 Å². The minimum Gasteiger partial charge on any atom is -0.440 e. The number of fused-ring (bicyclic) bond motifs is 3. The van der Waals surface area contributed by atoms with Crippen molar-refractivity contribution in [3.63, 3.8) is 0 Å². The molecular formula is C14H14Cl3NO2. The number of alkyl halides is 3. The van der Waals surface area contributed by atoms with E-state index in [0.29, 0.717) is 6.54 Å². The zero-order valence-electron chi connectivity index (χ0n) is 11.1. The van der Waals surface area contributed by atoms with Crippen molar-refractivity contribution in [3.8, 4) is 0 Å². The Hall–Kier alpha value is -0.640. The Morgan fingerprint density at radius 3 is 2.55 bits per heavy atom. The molecule has 0 spiro atoms. The van der Waals surface area contributed by atoms with Crippen molar-refractivity contribution in [2.75, 3.05) is 6.54 Å². The predicted molar refractivity (Wildman–Crippen MR) is 79.4 cm³/mol. The molecule has 1 fully saturated rings. The van der Waals surface area contributed by atoms with Crippen LogP contribution in [0.3, 0.4) is 0 Å². The SMILES string of the molecule is CC1(C)OC(=O)N2CCc3ccccc3C21C(Cl)(Cl)Cl. The number of carbonyl (C=O) groups is 1. The molecule has 1 aromatic rings. The van der Waals surface area contributed by atoms with Gasteiger partial charge in [-0.25, -0.2) is 4.79 Å². The first kappa shape index (κ1) is 14.3. The third-order valence-electron chi connectivity index (χ3n) is 4.26. The van der Waals surface area contributed by atoms with Gasteiger partial charge in [0.15, 0.2) is 5.54 Å². The lowest BCUT2D eigenvalue weighted by atomic mass is 9.72. The zero-order chi connectivity index (χ0) is 14.8. The van der Waals surface area contributed by atoms with Crippen LogP contribution in [0.5, 0.6) is 0 Å². The summed E-state index contributed by atoms with van der Waals surface area (Å²) in [5, 5.41) is 0. The van der Waals surface area contributed by atoms with E-state index in [1.165, 1.54) is 0 Å². The highest BCUT2D eigenvalue weighted by Crippen LogP contribution is 2.61. The molecule has 1 unspecified atom stereocenters. The van der Waals surface area contributed by atoms with E-state index in [0.717, 1.165) is 17.5 Å². The number of amides is 1. The second kappa shape index (κ2) is 4.19. The Bertz CT molecular complexity index is 582. The van der Waals surface area contributed by atoms with Crippen LogP contribution in [0.25, 0.3) is 0 Å². The molecule has 3 rings (SSSR count). The van der Waals surface area contributed by atoms with Crippen LogP contribution in [0.4, 0.5) is 4.79 Å². The molecule has 108 valence electrons. The number of carbonyl (C=O) groups excluding carboxylic acids is 1. The van der Waals surface area contributed by atoms with Crippen LogP contribution in [0, 0.1) is 0 Å². The lowest BCUT2D eigenvalue weighted by Gasteiger charge is -2.50. The van der Waals surface area contributed by atoms with Crippen molar-refractivity contribution < 1.29 is 9.53 Å². The molecule has 0 radical (unpaired) electrons. The number of cyclic esters (lactones) is 1. The first-order valence-corrected chi connectivity index (χ1v) is 7.51. The first-order chi connectivity index (χ1) is 9.22. The van der Waals surface area contributed by atoms with Gasteiger partial charge in [-0.2, -0.15) is 0 Å². The van der Waals surface area contributed by atoms with Crippen LogP contribution in [0.1, 0.15) is 25.0 Å². The maximum Gasteiger partial charge on any atom is 0.411 e. The maximum absolute atomic E-state index is 12.2. The van der Waals surface area contributed by atoms with E-state index in [-0.39, 0.29) is 0 Å². The Balaban J connectivity index is 2.37. The van der Waals surface area contributed by atoms with E-state index in [2.05, 4.69) is 0 Å². The summed E-state index contributed by atoms with van der Waals surface area (Å²) in [4.78, 5) is 13.8. The van der Waals surface area contributed by atoms with Gasteiger partial charge in [0.2, 0.25) is 3.79 Å². The molecule has 0 saturated carbocycles. The van der Waals surface area contributed by atoms with Gasteiger partial charge in [0, 0.05) is 6.54 Å². The summed E-state index contributed by atoms with van der Waals surface area (Å²) in [7, 11) is 0. The van der Waals surface area contributed by atoms with Gasteiger partial charge >= 0.3 is 6.09 Å². The number of halogens is 3. The van der Waals surface area contributed by atoms with Crippen LogP contribution in [0.15, 0.2) is 24.3 Å². The van der Waals surface area contributed by atoms with Gasteiger partial charge in [0.05, 0.1) is 0 Å². The van der Waals surface area contributed by atoms with E-state index in [9.17, 15) is 4.79 Å². The third kappa shape index (κ3) is 1.57. The highest BCUT2D eigenvalue weighted by molar-refractivity contribution is 6.68. The fourth-order valence-corrected chi connectivity index (χ4v) is 4.80. The van der Waals surface area contributed by atoms with Gasteiger partial charge in [-0.1, -0.05) is 59.1 Å².